The number of nitrogens with one attached hydrogen (secondary N) is 1. The van der Waals surface area contributed by atoms with Gasteiger partial charge >= 0.3 is 0 Å². The van der Waals surface area contributed by atoms with E-state index in [1.807, 2.05) is 0 Å². The Hall–Kier alpha value is -2.80. The largest absolute Gasteiger partial charge is 0.490 e. The number of anilines is 1. The lowest BCUT2D eigenvalue weighted by Crippen LogP contribution is -2.26. The molecule has 1 fully saturated rings. The first-order valence-corrected chi connectivity index (χ1v) is 9.57. The molecule has 27 heavy (non-hydrogen) atoms. The van der Waals surface area contributed by atoms with Gasteiger partial charge in [0.1, 0.15) is 5.75 Å². The molecule has 0 aliphatic heterocycles. The normalized spacial score (nSPS) is 19.1. The van der Waals surface area contributed by atoms with Gasteiger partial charge in [-0.15, -0.1) is 0 Å². The highest BCUT2D eigenvalue weighted by Gasteiger charge is 2.24. The first-order valence-electron chi connectivity index (χ1n) is 9.57. The second-order valence-corrected chi connectivity index (χ2v) is 7.53. The summed E-state index contributed by atoms with van der Waals surface area (Å²) in [5.41, 5.74) is 3.78. The van der Waals surface area contributed by atoms with Crippen molar-refractivity contribution >= 4 is 11.6 Å². The summed E-state index contributed by atoms with van der Waals surface area (Å²) in [4.78, 5) is 12.3. The van der Waals surface area contributed by atoms with Gasteiger partial charge in [-0.25, -0.2) is 0 Å². The number of amides is 1. The van der Waals surface area contributed by atoms with Gasteiger partial charge in [-0.2, -0.15) is 5.26 Å². The van der Waals surface area contributed by atoms with Crippen molar-refractivity contribution in [2.45, 2.75) is 52.1 Å². The Bertz CT molecular complexity index is 808. The molecule has 1 amide bonds. The van der Waals surface area contributed by atoms with Crippen LogP contribution in [0, 0.1) is 31.1 Å². The number of carbonyl (C=O) groups excluding carboxylic acids is 1. The van der Waals surface area contributed by atoms with Crippen LogP contribution in [0.2, 0.25) is 0 Å². The number of benzene rings is 2. The van der Waals surface area contributed by atoms with E-state index in [1.54, 1.807) is 24.3 Å². The molecule has 0 spiro atoms. The zero-order valence-corrected chi connectivity index (χ0v) is 16.0. The number of nitrogens with zero attached hydrogens (tertiary/aromatic N) is 1. The fourth-order valence-corrected chi connectivity index (χ4v) is 3.75. The summed E-state index contributed by atoms with van der Waals surface area (Å²) in [7, 11) is 0. The Morgan fingerprint density at radius 3 is 2.30 bits per heavy atom. The van der Waals surface area contributed by atoms with Crippen LogP contribution in [-0.2, 0) is 4.79 Å². The maximum absolute atomic E-state index is 12.3. The molecule has 0 heterocycles. The van der Waals surface area contributed by atoms with Gasteiger partial charge in [0, 0.05) is 12.1 Å². The Kier molecular flexibility index (Phi) is 6.13. The highest BCUT2D eigenvalue weighted by Crippen LogP contribution is 2.30. The molecule has 0 saturated heterocycles. The third kappa shape index (κ3) is 5.59. The molecule has 1 saturated carbocycles. The minimum absolute atomic E-state index is 0.0402. The molecule has 4 heteroatoms. The summed E-state index contributed by atoms with van der Waals surface area (Å²) in [6.07, 6.45) is 4.77. The van der Waals surface area contributed by atoms with Crippen molar-refractivity contribution in [2.24, 2.45) is 5.92 Å². The van der Waals surface area contributed by atoms with E-state index in [0.717, 1.165) is 37.1 Å². The fourth-order valence-electron chi connectivity index (χ4n) is 3.75. The van der Waals surface area contributed by atoms with E-state index in [0.29, 0.717) is 17.9 Å². The fraction of sp³-hybridized carbons (Fsp3) is 0.391. The lowest BCUT2D eigenvalue weighted by Gasteiger charge is -2.29. The van der Waals surface area contributed by atoms with Crippen LogP contribution in [0.25, 0.3) is 0 Å². The SMILES string of the molecule is Cc1cc(C)cc(O[C@H]2CC[C@H](CC(=O)Nc3ccc(C#N)cc3)CC2)c1. The van der Waals surface area contributed by atoms with Crippen LogP contribution in [0.3, 0.4) is 0 Å². The molecule has 0 aromatic heterocycles. The highest BCUT2D eigenvalue weighted by atomic mass is 16.5. The van der Waals surface area contributed by atoms with Crippen molar-refractivity contribution in [3.63, 3.8) is 0 Å². The van der Waals surface area contributed by atoms with E-state index in [-0.39, 0.29) is 12.0 Å². The molecule has 1 aliphatic carbocycles. The summed E-state index contributed by atoms with van der Waals surface area (Å²) in [6, 6.07) is 15.4. The van der Waals surface area contributed by atoms with Crippen molar-refractivity contribution in [3.8, 4) is 11.8 Å². The second-order valence-electron chi connectivity index (χ2n) is 7.53. The lowest BCUT2D eigenvalue weighted by atomic mass is 9.85. The van der Waals surface area contributed by atoms with Crippen LogP contribution in [-0.4, -0.2) is 12.0 Å². The molecule has 4 nitrogen and oxygen atoms in total. The van der Waals surface area contributed by atoms with Crippen LogP contribution in [0.1, 0.15) is 48.8 Å². The van der Waals surface area contributed by atoms with Gasteiger partial charge in [-0.3, -0.25) is 4.79 Å². The molecule has 1 N–H and O–H groups in total. The third-order valence-electron chi connectivity index (χ3n) is 5.06. The molecule has 2 aromatic rings. The predicted octanol–water partition coefficient (Wildman–Crippen LogP) is 5.14. The molecular weight excluding hydrogens is 336 g/mol. The standard InChI is InChI=1S/C23H26N2O2/c1-16-11-17(2)13-22(12-16)27-21-9-5-18(6-10-21)14-23(26)25-20-7-3-19(15-24)4-8-20/h3-4,7-8,11-13,18,21H,5-6,9-10,14H2,1-2H3,(H,25,26)/t18-,21-. The second kappa shape index (κ2) is 8.73. The number of aryl methyl sites for hydroxylation is 2. The van der Waals surface area contributed by atoms with Gasteiger partial charge in [0.15, 0.2) is 0 Å². The number of nitriles is 1. The summed E-state index contributed by atoms with van der Waals surface area (Å²) >= 11 is 0. The number of rotatable bonds is 5. The molecule has 0 atom stereocenters. The molecule has 0 radical (unpaired) electrons. The average Bonchev–Trinajstić information content (AvgIpc) is 2.63. The Labute approximate surface area is 161 Å². The minimum atomic E-state index is 0.0402. The first kappa shape index (κ1) is 19.0. The van der Waals surface area contributed by atoms with Gasteiger partial charge < -0.3 is 10.1 Å². The van der Waals surface area contributed by atoms with Crippen molar-refractivity contribution < 1.29 is 9.53 Å². The third-order valence-corrected chi connectivity index (χ3v) is 5.06. The Balaban J connectivity index is 1.44. The predicted molar refractivity (Wildman–Crippen MR) is 107 cm³/mol. The molecule has 3 rings (SSSR count). The minimum Gasteiger partial charge on any atom is -0.490 e. The Morgan fingerprint density at radius 1 is 1.07 bits per heavy atom. The maximum Gasteiger partial charge on any atom is 0.224 e. The van der Waals surface area contributed by atoms with Crippen LogP contribution in [0.15, 0.2) is 42.5 Å². The summed E-state index contributed by atoms with van der Waals surface area (Å²) < 4.78 is 6.16. The summed E-state index contributed by atoms with van der Waals surface area (Å²) in [5.74, 6) is 1.40. The monoisotopic (exact) mass is 362 g/mol. The van der Waals surface area contributed by atoms with Crippen molar-refractivity contribution in [2.75, 3.05) is 5.32 Å². The quantitative estimate of drug-likeness (QED) is 0.801. The van der Waals surface area contributed by atoms with E-state index in [9.17, 15) is 4.79 Å². The zero-order chi connectivity index (χ0) is 19.2. The van der Waals surface area contributed by atoms with E-state index in [2.05, 4.69) is 43.4 Å². The molecule has 0 unspecified atom stereocenters. The van der Waals surface area contributed by atoms with Gasteiger partial charge in [-0.05, 0) is 93.0 Å². The van der Waals surface area contributed by atoms with Gasteiger partial charge in [0.2, 0.25) is 5.91 Å². The smallest absolute Gasteiger partial charge is 0.224 e. The Morgan fingerprint density at radius 2 is 1.70 bits per heavy atom. The lowest BCUT2D eigenvalue weighted by molar-refractivity contribution is -0.117. The van der Waals surface area contributed by atoms with Crippen LogP contribution in [0.5, 0.6) is 5.75 Å². The van der Waals surface area contributed by atoms with Crippen LogP contribution < -0.4 is 10.1 Å². The summed E-state index contributed by atoms with van der Waals surface area (Å²) in [5, 5.41) is 11.7. The maximum atomic E-state index is 12.3. The highest BCUT2D eigenvalue weighted by molar-refractivity contribution is 5.90. The number of ether oxygens (including phenoxy) is 1. The van der Waals surface area contributed by atoms with Crippen molar-refractivity contribution in [3.05, 3.63) is 59.2 Å². The number of carbonyl (C=O) groups is 1. The van der Waals surface area contributed by atoms with Crippen molar-refractivity contribution in [1.82, 2.24) is 0 Å². The van der Waals surface area contributed by atoms with E-state index in [1.165, 1.54) is 11.1 Å². The van der Waals surface area contributed by atoms with Gasteiger partial charge in [-0.1, -0.05) is 6.07 Å². The van der Waals surface area contributed by atoms with E-state index in [4.69, 9.17) is 10.00 Å². The average molecular weight is 362 g/mol. The van der Waals surface area contributed by atoms with Crippen LogP contribution in [0.4, 0.5) is 5.69 Å². The number of hydrogen-bond donors (Lipinski definition) is 1. The number of hydrogen-bond acceptors (Lipinski definition) is 3. The van der Waals surface area contributed by atoms with Crippen LogP contribution >= 0.6 is 0 Å². The first-order chi connectivity index (χ1) is 13.0. The molecule has 0 bridgehead atoms. The van der Waals surface area contributed by atoms with E-state index >= 15 is 0 Å². The molecule has 140 valence electrons. The van der Waals surface area contributed by atoms with Gasteiger partial charge in [0.25, 0.3) is 0 Å². The molecule has 2 aromatic carbocycles. The topological polar surface area (TPSA) is 62.1 Å². The molecular formula is C23H26N2O2. The van der Waals surface area contributed by atoms with E-state index < -0.39 is 0 Å². The zero-order valence-electron chi connectivity index (χ0n) is 16.0. The van der Waals surface area contributed by atoms with Crippen molar-refractivity contribution in [1.29, 1.82) is 5.26 Å². The van der Waals surface area contributed by atoms with Gasteiger partial charge in [0.05, 0.1) is 17.7 Å². The summed E-state index contributed by atoms with van der Waals surface area (Å²) in [6.45, 7) is 4.17. The molecule has 1 aliphatic rings.